The van der Waals surface area contributed by atoms with E-state index in [2.05, 4.69) is 25.7 Å². The third-order valence-corrected chi connectivity index (χ3v) is 5.59. The monoisotopic (exact) mass is 523 g/mol. The predicted octanol–water partition coefficient (Wildman–Crippen LogP) is 3.05. The molecule has 0 fully saturated rings. The van der Waals surface area contributed by atoms with E-state index in [-0.39, 0.29) is 19.1 Å². The highest BCUT2D eigenvalue weighted by molar-refractivity contribution is 5.90. The minimum absolute atomic E-state index is 0.0486. The first-order valence-corrected chi connectivity index (χ1v) is 12.1. The summed E-state index contributed by atoms with van der Waals surface area (Å²) in [5.74, 6) is 0.745. The minimum atomic E-state index is -0.428. The topological polar surface area (TPSA) is 127 Å². The van der Waals surface area contributed by atoms with E-state index in [9.17, 15) is 9.18 Å². The van der Waals surface area contributed by atoms with E-state index in [4.69, 9.17) is 14.6 Å². The van der Waals surface area contributed by atoms with Crippen LogP contribution in [0.2, 0.25) is 0 Å². The number of likely N-dealkylation sites (N-methyl/N-ethyl adjacent to an activating group) is 1. The first-order chi connectivity index (χ1) is 18.4. The van der Waals surface area contributed by atoms with Crippen molar-refractivity contribution in [2.45, 2.75) is 13.0 Å². The van der Waals surface area contributed by atoms with Crippen LogP contribution in [0.5, 0.6) is 11.5 Å². The summed E-state index contributed by atoms with van der Waals surface area (Å²) in [6.07, 6.45) is 5.67. The summed E-state index contributed by atoms with van der Waals surface area (Å²) in [6.45, 7) is 1.98. The predicted molar refractivity (Wildman–Crippen MR) is 141 cm³/mol. The van der Waals surface area contributed by atoms with Gasteiger partial charge in [0.05, 0.1) is 37.7 Å². The molecule has 3 N–H and O–H groups in total. The number of aromatic nitrogens is 4. The normalized spacial score (nSPS) is 11.1. The Bertz CT molecular complexity index is 1380. The summed E-state index contributed by atoms with van der Waals surface area (Å²) in [5, 5.41) is 19.7. The van der Waals surface area contributed by atoms with Gasteiger partial charge in [0.1, 0.15) is 12.4 Å². The number of ether oxygens (including phenoxy) is 2. The molecule has 200 valence electrons. The van der Waals surface area contributed by atoms with Gasteiger partial charge < -0.3 is 30.1 Å². The Kier molecular flexibility index (Phi) is 9.01. The summed E-state index contributed by atoms with van der Waals surface area (Å²) < 4.78 is 26.2. The van der Waals surface area contributed by atoms with E-state index in [1.807, 2.05) is 18.0 Å². The van der Waals surface area contributed by atoms with Crippen LogP contribution < -0.4 is 20.1 Å². The fourth-order valence-corrected chi connectivity index (χ4v) is 3.73. The molecule has 0 saturated heterocycles. The molecule has 38 heavy (non-hydrogen) atoms. The Hall–Kier alpha value is -4.29. The molecule has 0 bridgehead atoms. The van der Waals surface area contributed by atoms with Crippen LogP contribution in [-0.2, 0) is 11.3 Å². The quantitative estimate of drug-likeness (QED) is 0.227. The Balaban J connectivity index is 1.38. The maximum absolute atomic E-state index is 13.3. The van der Waals surface area contributed by atoms with Gasteiger partial charge in [-0.3, -0.25) is 9.48 Å². The standard InChI is InChI=1S/C26H30FN7O4/c1-33(8-9-35)7-4-10-38-24-13-22-18(11-23(24)37-2)14-28-26(32-22)31-21-15-29-34(16-21)17-25(36)30-20-6-3-5-19(27)12-20/h3,5-6,11-16,35H,4,7-10,17H2,1-2H3,(H,30,36)(H,28,31,32). The molecule has 0 aliphatic rings. The van der Waals surface area contributed by atoms with E-state index in [1.165, 1.54) is 22.9 Å². The third-order valence-electron chi connectivity index (χ3n) is 5.59. The molecule has 2 aromatic carbocycles. The zero-order valence-corrected chi connectivity index (χ0v) is 21.2. The fourth-order valence-electron chi connectivity index (χ4n) is 3.73. The van der Waals surface area contributed by atoms with Crippen molar-refractivity contribution in [3.63, 3.8) is 0 Å². The van der Waals surface area contributed by atoms with Gasteiger partial charge in [0.25, 0.3) is 0 Å². The van der Waals surface area contributed by atoms with Crippen LogP contribution in [-0.4, -0.2) is 76.1 Å². The number of hydrogen-bond donors (Lipinski definition) is 3. The maximum Gasteiger partial charge on any atom is 0.246 e. The van der Waals surface area contributed by atoms with Crippen LogP contribution >= 0.6 is 0 Å². The highest BCUT2D eigenvalue weighted by atomic mass is 19.1. The first kappa shape index (κ1) is 26.8. The summed E-state index contributed by atoms with van der Waals surface area (Å²) in [6, 6.07) is 9.31. The van der Waals surface area contributed by atoms with Crippen molar-refractivity contribution in [3.05, 3.63) is 60.8 Å². The fraction of sp³-hybridized carbons (Fsp3) is 0.308. The van der Waals surface area contributed by atoms with Crippen molar-refractivity contribution < 1.29 is 23.8 Å². The maximum atomic E-state index is 13.3. The average Bonchev–Trinajstić information content (AvgIpc) is 3.32. The van der Waals surface area contributed by atoms with Crippen LogP contribution in [0.25, 0.3) is 10.9 Å². The van der Waals surface area contributed by atoms with Crippen molar-refractivity contribution in [1.82, 2.24) is 24.6 Å². The van der Waals surface area contributed by atoms with Crippen molar-refractivity contribution in [1.29, 1.82) is 0 Å². The number of rotatable bonds is 13. The van der Waals surface area contributed by atoms with Gasteiger partial charge >= 0.3 is 0 Å². The highest BCUT2D eigenvalue weighted by Crippen LogP contribution is 2.32. The van der Waals surface area contributed by atoms with Gasteiger partial charge in [-0.05, 0) is 37.7 Å². The zero-order valence-electron chi connectivity index (χ0n) is 21.2. The van der Waals surface area contributed by atoms with Crippen molar-refractivity contribution in [2.75, 3.05) is 51.1 Å². The molecule has 4 aromatic rings. The second kappa shape index (κ2) is 12.8. The Labute approximate surface area is 219 Å². The number of hydrogen-bond acceptors (Lipinski definition) is 9. The molecule has 2 heterocycles. The second-order valence-electron chi connectivity index (χ2n) is 8.59. The number of aliphatic hydroxyl groups is 1. The van der Waals surface area contributed by atoms with Gasteiger partial charge in [-0.2, -0.15) is 5.10 Å². The van der Waals surface area contributed by atoms with Crippen LogP contribution in [0.1, 0.15) is 6.42 Å². The summed E-state index contributed by atoms with van der Waals surface area (Å²) >= 11 is 0. The summed E-state index contributed by atoms with van der Waals surface area (Å²) in [7, 11) is 3.53. The second-order valence-corrected chi connectivity index (χ2v) is 8.59. The van der Waals surface area contributed by atoms with Gasteiger partial charge in [0, 0.05) is 42.6 Å². The smallest absolute Gasteiger partial charge is 0.246 e. The molecule has 1 amide bonds. The molecule has 0 spiro atoms. The molecule has 12 heteroatoms. The number of nitrogens with zero attached hydrogens (tertiary/aromatic N) is 5. The summed E-state index contributed by atoms with van der Waals surface area (Å²) in [4.78, 5) is 23.2. The number of carbonyl (C=O) groups excluding carboxylic acids is 1. The molecular formula is C26H30FN7O4. The highest BCUT2D eigenvalue weighted by Gasteiger charge is 2.11. The van der Waals surface area contributed by atoms with Gasteiger partial charge in [-0.25, -0.2) is 14.4 Å². The Morgan fingerprint density at radius 3 is 2.82 bits per heavy atom. The van der Waals surface area contributed by atoms with Gasteiger partial charge in [-0.15, -0.1) is 0 Å². The number of amides is 1. The lowest BCUT2D eigenvalue weighted by atomic mass is 10.2. The van der Waals surface area contributed by atoms with Gasteiger partial charge in [0.15, 0.2) is 11.5 Å². The minimum Gasteiger partial charge on any atom is -0.493 e. The van der Waals surface area contributed by atoms with E-state index >= 15 is 0 Å². The molecule has 0 radical (unpaired) electrons. The van der Waals surface area contributed by atoms with Crippen molar-refractivity contribution >= 4 is 34.1 Å². The largest absolute Gasteiger partial charge is 0.493 e. The molecule has 0 atom stereocenters. The number of anilines is 3. The molecule has 4 rings (SSSR count). The van der Waals surface area contributed by atoms with E-state index < -0.39 is 5.82 Å². The molecule has 0 aliphatic heterocycles. The molecule has 11 nitrogen and oxygen atoms in total. The number of benzene rings is 2. The van der Waals surface area contributed by atoms with E-state index in [0.717, 1.165) is 18.4 Å². The number of fused-ring (bicyclic) bond motifs is 1. The van der Waals surface area contributed by atoms with Crippen molar-refractivity contribution in [2.24, 2.45) is 0 Å². The summed E-state index contributed by atoms with van der Waals surface area (Å²) in [5.41, 5.74) is 1.64. The van der Waals surface area contributed by atoms with E-state index in [1.54, 1.807) is 37.8 Å². The lowest BCUT2D eigenvalue weighted by Crippen LogP contribution is -2.24. The van der Waals surface area contributed by atoms with Gasteiger partial charge in [0.2, 0.25) is 11.9 Å². The molecular weight excluding hydrogens is 493 g/mol. The van der Waals surface area contributed by atoms with Crippen LogP contribution in [0.4, 0.5) is 21.7 Å². The number of methoxy groups -OCH3 is 1. The van der Waals surface area contributed by atoms with Crippen LogP contribution in [0.3, 0.4) is 0 Å². The lowest BCUT2D eigenvalue weighted by Gasteiger charge is -2.16. The number of halogens is 1. The number of nitrogens with one attached hydrogen (secondary N) is 2. The molecule has 0 saturated carbocycles. The Morgan fingerprint density at radius 2 is 2.03 bits per heavy atom. The first-order valence-electron chi connectivity index (χ1n) is 12.1. The molecule has 0 aliphatic carbocycles. The zero-order chi connectivity index (χ0) is 26.9. The number of aliphatic hydroxyl groups excluding tert-OH is 1. The van der Waals surface area contributed by atoms with Gasteiger partial charge in [-0.1, -0.05) is 6.07 Å². The molecule has 0 unspecified atom stereocenters. The van der Waals surface area contributed by atoms with Crippen molar-refractivity contribution in [3.8, 4) is 11.5 Å². The molecule has 2 aromatic heterocycles. The SMILES string of the molecule is COc1cc2cnc(Nc3cnn(CC(=O)Nc4cccc(F)c4)c3)nc2cc1OCCCN(C)CCO. The number of carbonyl (C=O) groups is 1. The van der Waals surface area contributed by atoms with E-state index in [0.29, 0.717) is 47.5 Å². The van der Waals surface area contributed by atoms with Crippen LogP contribution in [0.15, 0.2) is 55.0 Å². The Morgan fingerprint density at radius 1 is 1.16 bits per heavy atom. The lowest BCUT2D eigenvalue weighted by molar-refractivity contribution is -0.116. The third kappa shape index (κ3) is 7.37. The average molecular weight is 524 g/mol. The van der Waals surface area contributed by atoms with Crippen LogP contribution in [0, 0.1) is 5.82 Å².